The number of hydrogen-bond donors (Lipinski definition) is 0. The van der Waals surface area contributed by atoms with Crippen molar-refractivity contribution in [2.45, 2.75) is 26.4 Å². The molecule has 4 aromatic carbocycles. The number of fused-ring (bicyclic) bond motifs is 3. The zero-order valence-corrected chi connectivity index (χ0v) is 25.7. The Morgan fingerprint density at radius 3 is 2.50 bits per heavy atom. The van der Waals surface area contributed by atoms with Crippen molar-refractivity contribution in [1.82, 2.24) is 9.13 Å². The van der Waals surface area contributed by atoms with Gasteiger partial charge < -0.3 is 9.30 Å². The van der Waals surface area contributed by atoms with Crippen LogP contribution in [0.1, 0.15) is 36.6 Å². The molecule has 1 aliphatic heterocycles. The highest BCUT2D eigenvalue weighted by molar-refractivity contribution is 7.07. The number of nitrogens with zero attached hydrogens (tertiary/aromatic N) is 3. The minimum Gasteiger partial charge on any atom is -0.463 e. The number of esters is 1. The maximum Gasteiger partial charge on any atom is 0.338 e. The van der Waals surface area contributed by atoms with Crippen LogP contribution in [-0.2, 0) is 16.1 Å². The summed E-state index contributed by atoms with van der Waals surface area (Å²) in [5.41, 5.74) is 4.70. The van der Waals surface area contributed by atoms with Gasteiger partial charge in [-0.15, -0.1) is 0 Å². The van der Waals surface area contributed by atoms with Crippen molar-refractivity contribution in [1.29, 1.82) is 0 Å². The van der Waals surface area contributed by atoms with Crippen molar-refractivity contribution in [3.05, 3.63) is 150 Å². The topological polar surface area (TPSA) is 65.6 Å². The van der Waals surface area contributed by atoms with E-state index in [1.165, 1.54) is 11.3 Å². The standard InChI is InChI=1S/C36H28ClN3O3S/c1-3-43-35(42)32-22(2)38-36-40(33(32)29-13-8-10-24-9-4-5-11-27(24)29)34(41)31(44-36)19-25-21-39(30-14-7-6-12-28(25)30)20-23-15-17-26(37)18-16-23/h4-19,21,33H,3,20H2,1-2H3/b31-19+/t33-/m1/s1. The van der Waals surface area contributed by atoms with Gasteiger partial charge in [-0.1, -0.05) is 95.7 Å². The maximum atomic E-state index is 14.3. The van der Waals surface area contributed by atoms with Crippen molar-refractivity contribution < 1.29 is 9.53 Å². The Morgan fingerprint density at radius 2 is 1.70 bits per heavy atom. The van der Waals surface area contributed by atoms with Crippen LogP contribution in [0.5, 0.6) is 0 Å². The summed E-state index contributed by atoms with van der Waals surface area (Å²) in [4.78, 5) is 33.0. The Balaban J connectivity index is 1.42. The van der Waals surface area contributed by atoms with Crippen LogP contribution in [0, 0.1) is 0 Å². The Bertz CT molecular complexity index is 2290. The van der Waals surface area contributed by atoms with Gasteiger partial charge in [0.25, 0.3) is 5.56 Å². The third-order valence-corrected chi connectivity index (χ3v) is 9.24. The largest absolute Gasteiger partial charge is 0.463 e. The van der Waals surface area contributed by atoms with E-state index in [4.69, 9.17) is 21.3 Å². The van der Waals surface area contributed by atoms with Gasteiger partial charge in [0.1, 0.15) is 0 Å². The Kier molecular flexibility index (Phi) is 7.28. The third-order valence-electron chi connectivity index (χ3n) is 8.01. The lowest BCUT2D eigenvalue weighted by Crippen LogP contribution is -2.40. The molecule has 218 valence electrons. The first-order valence-corrected chi connectivity index (χ1v) is 15.6. The molecular weight excluding hydrogens is 590 g/mol. The molecule has 0 fully saturated rings. The van der Waals surface area contributed by atoms with E-state index in [1.807, 2.05) is 91.9 Å². The number of thiazole rings is 1. The van der Waals surface area contributed by atoms with Gasteiger partial charge in [0, 0.05) is 34.2 Å². The highest BCUT2D eigenvalue weighted by Gasteiger charge is 2.34. The molecule has 6 nitrogen and oxygen atoms in total. The fourth-order valence-corrected chi connectivity index (χ4v) is 7.19. The number of allylic oxidation sites excluding steroid dienone is 1. The number of para-hydroxylation sites is 1. The van der Waals surface area contributed by atoms with Crippen molar-refractivity contribution in [2.75, 3.05) is 6.61 Å². The van der Waals surface area contributed by atoms with Crippen LogP contribution in [-0.4, -0.2) is 21.7 Å². The van der Waals surface area contributed by atoms with Crippen LogP contribution < -0.4 is 14.9 Å². The van der Waals surface area contributed by atoms with Gasteiger partial charge in [-0.3, -0.25) is 9.36 Å². The van der Waals surface area contributed by atoms with Crippen LogP contribution >= 0.6 is 22.9 Å². The van der Waals surface area contributed by atoms with Gasteiger partial charge in [0.05, 0.1) is 28.5 Å². The average Bonchev–Trinajstić information content (AvgIpc) is 3.53. The Morgan fingerprint density at radius 1 is 0.977 bits per heavy atom. The summed E-state index contributed by atoms with van der Waals surface area (Å²) in [5, 5.41) is 3.74. The van der Waals surface area contributed by atoms with Gasteiger partial charge in [0.15, 0.2) is 4.80 Å². The molecule has 7 rings (SSSR count). The molecule has 0 saturated heterocycles. The molecule has 0 amide bonds. The molecular formula is C36H28ClN3O3S. The second kappa shape index (κ2) is 11.4. The molecule has 1 aliphatic rings. The van der Waals surface area contributed by atoms with Crippen molar-refractivity contribution in [2.24, 2.45) is 4.99 Å². The average molecular weight is 618 g/mol. The molecule has 0 spiro atoms. The highest BCUT2D eigenvalue weighted by atomic mass is 35.5. The molecule has 8 heteroatoms. The zero-order valence-electron chi connectivity index (χ0n) is 24.2. The summed E-state index contributed by atoms with van der Waals surface area (Å²) < 4.78 is 9.88. The van der Waals surface area contributed by atoms with Crippen LogP contribution in [0.15, 0.2) is 118 Å². The first-order chi connectivity index (χ1) is 21.4. The molecule has 1 atom stereocenters. The second-order valence-corrected chi connectivity index (χ2v) is 12.2. The summed E-state index contributed by atoms with van der Waals surface area (Å²) in [7, 11) is 0. The van der Waals surface area contributed by atoms with Gasteiger partial charge in [-0.2, -0.15) is 0 Å². The van der Waals surface area contributed by atoms with Crippen LogP contribution in [0.4, 0.5) is 0 Å². The second-order valence-electron chi connectivity index (χ2n) is 10.7. The SMILES string of the molecule is CCOC(=O)C1=C(C)N=c2s/c(=C/c3cn(Cc4ccc(Cl)cc4)c4ccccc34)c(=O)n2[C@@H]1c1cccc2ccccc12. The molecule has 0 unspecified atom stereocenters. The van der Waals surface area contributed by atoms with Crippen LogP contribution in [0.3, 0.4) is 0 Å². The number of rotatable bonds is 6. The van der Waals surface area contributed by atoms with Crippen LogP contribution in [0.25, 0.3) is 27.8 Å². The summed E-state index contributed by atoms with van der Waals surface area (Å²) in [6.45, 7) is 4.48. The molecule has 0 saturated carbocycles. The van der Waals surface area contributed by atoms with E-state index in [0.717, 1.165) is 38.4 Å². The lowest BCUT2D eigenvalue weighted by Gasteiger charge is -2.25. The molecule has 0 bridgehead atoms. The number of aromatic nitrogens is 2. The summed E-state index contributed by atoms with van der Waals surface area (Å²) in [6.07, 6.45) is 4.02. The first kappa shape index (κ1) is 28.1. The summed E-state index contributed by atoms with van der Waals surface area (Å²) in [6, 6.07) is 29.3. The van der Waals surface area contributed by atoms with E-state index in [2.05, 4.69) is 22.9 Å². The normalized spacial score (nSPS) is 15.1. The lowest BCUT2D eigenvalue weighted by molar-refractivity contribution is -0.139. The lowest BCUT2D eigenvalue weighted by atomic mass is 9.91. The molecule has 3 heterocycles. The van der Waals surface area contributed by atoms with E-state index in [0.29, 0.717) is 32.2 Å². The number of benzene rings is 4. The first-order valence-electron chi connectivity index (χ1n) is 14.4. The molecule has 44 heavy (non-hydrogen) atoms. The fourth-order valence-electron chi connectivity index (χ4n) is 6.02. The smallest absolute Gasteiger partial charge is 0.338 e. The molecule has 0 radical (unpaired) electrons. The quantitative estimate of drug-likeness (QED) is 0.198. The van der Waals surface area contributed by atoms with Crippen molar-refractivity contribution in [3.63, 3.8) is 0 Å². The number of carbonyl (C=O) groups is 1. The molecule has 0 aliphatic carbocycles. The van der Waals surface area contributed by atoms with E-state index < -0.39 is 12.0 Å². The van der Waals surface area contributed by atoms with Crippen molar-refractivity contribution in [3.8, 4) is 0 Å². The predicted octanol–water partition coefficient (Wildman–Crippen LogP) is 6.61. The maximum absolute atomic E-state index is 14.3. The van der Waals surface area contributed by atoms with Gasteiger partial charge in [-0.25, -0.2) is 9.79 Å². The summed E-state index contributed by atoms with van der Waals surface area (Å²) in [5.74, 6) is -0.466. The fraction of sp³-hybridized carbons (Fsp3) is 0.139. The van der Waals surface area contributed by atoms with E-state index in [9.17, 15) is 9.59 Å². The minimum absolute atomic E-state index is 0.199. The van der Waals surface area contributed by atoms with E-state index in [-0.39, 0.29) is 12.2 Å². The number of halogens is 1. The van der Waals surface area contributed by atoms with Gasteiger partial charge in [0.2, 0.25) is 0 Å². The van der Waals surface area contributed by atoms with E-state index >= 15 is 0 Å². The zero-order chi connectivity index (χ0) is 30.4. The third kappa shape index (κ3) is 4.88. The summed E-state index contributed by atoms with van der Waals surface area (Å²) >= 11 is 7.45. The molecule has 0 N–H and O–H groups in total. The minimum atomic E-state index is -0.676. The van der Waals surface area contributed by atoms with Gasteiger partial charge in [-0.05, 0) is 60.0 Å². The monoisotopic (exact) mass is 617 g/mol. The van der Waals surface area contributed by atoms with Crippen molar-refractivity contribution >= 4 is 56.7 Å². The molecule has 6 aromatic rings. The number of ether oxygens (including phenoxy) is 1. The Hall–Kier alpha value is -4.72. The van der Waals surface area contributed by atoms with Gasteiger partial charge >= 0.3 is 5.97 Å². The number of hydrogen-bond acceptors (Lipinski definition) is 5. The van der Waals surface area contributed by atoms with E-state index in [1.54, 1.807) is 11.5 Å². The Labute approximate surface area is 262 Å². The number of carbonyl (C=O) groups excluding carboxylic acids is 1. The highest BCUT2D eigenvalue weighted by Crippen LogP contribution is 2.35. The molecule has 2 aromatic heterocycles. The van der Waals surface area contributed by atoms with Crippen LogP contribution in [0.2, 0.25) is 5.02 Å². The predicted molar refractivity (Wildman–Crippen MR) is 177 cm³/mol.